The molecular weight excluding hydrogens is 276 g/mol. The molecule has 0 aliphatic carbocycles. The molecule has 108 valence electrons. The third-order valence-electron chi connectivity index (χ3n) is 3.28. The second-order valence-electron chi connectivity index (χ2n) is 4.65. The van der Waals surface area contributed by atoms with E-state index in [9.17, 15) is 0 Å². The van der Waals surface area contributed by atoms with Crippen LogP contribution in [0.25, 0.3) is 0 Å². The molecule has 3 heterocycles. The van der Waals surface area contributed by atoms with Crippen molar-refractivity contribution in [3.63, 3.8) is 0 Å². The highest BCUT2D eigenvalue weighted by Crippen LogP contribution is 2.25. The number of H-pyrrole nitrogens is 1. The fourth-order valence-corrected chi connectivity index (χ4v) is 2.89. The average Bonchev–Trinajstić information content (AvgIpc) is 3.16. The van der Waals surface area contributed by atoms with Crippen LogP contribution < -0.4 is 4.90 Å². The Morgan fingerprint density at radius 3 is 2.95 bits per heavy atom. The first-order valence-corrected chi connectivity index (χ1v) is 7.67. The largest absolute Gasteiger partial charge is 0.366 e. The van der Waals surface area contributed by atoms with Crippen LogP contribution in [0.3, 0.4) is 0 Å². The maximum absolute atomic E-state index is 5.78. The average molecular weight is 294 g/mol. The van der Waals surface area contributed by atoms with E-state index in [1.54, 1.807) is 0 Å². The highest BCUT2D eigenvalue weighted by Gasteiger charge is 2.27. The lowest BCUT2D eigenvalue weighted by Gasteiger charge is -2.30. The Labute approximate surface area is 121 Å². The SMILES string of the molecule is CCc1nsc(N2CCOC(c3n[nH]c(CC)n3)C2)n1. The van der Waals surface area contributed by atoms with Gasteiger partial charge in [0.1, 0.15) is 17.8 Å². The minimum atomic E-state index is -0.103. The molecule has 1 N–H and O–H groups in total. The maximum Gasteiger partial charge on any atom is 0.205 e. The van der Waals surface area contributed by atoms with E-state index in [1.807, 2.05) is 6.92 Å². The fourth-order valence-electron chi connectivity index (χ4n) is 2.11. The van der Waals surface area contributed by atoms with Gasteiger partial charge in [0.05, 0.1) is 13.2 Å². The third kappa shape index (κ3) is 2.66. The van der Waals surface area contributed by atoms with Crippen LogP contribution >= 0.6 is 11.5 Å². The van der Waals surface area contributed by atoms with Crippen LogP contribution in [-0.2, 0) is 17.6 Å². The number of nitrogens with zero attached hydrogens (tertiary/aromatic N) is 5. The molecule has 7 nitrogen and oxygen atoms in total. The van der Waals surface area contributed by atoms with Gasteiger partial charge in [-0.25, -0.2) is 9.97 Å². The molecular formula is C12H18N6OS. The minimum absolute atomic E-state index is 0.103. The number of hydrogen-bond acceptors (Lipinski definition) is 7. The van der Waals surface area contributed by atoms with Gasteiger partial charge in [-0.15, -0.1) is 0 Å². The highest BCUT2D eigenvalue weighted by atomic mass is 32.1. The van der Waals surface area contributed by atoms with Crippen LogP contribution in [0.4, 0.5) is 5.13 Å². The molecule has 3 rings (SSSR count). The van der Waals surface area contributed by atoms with E-state index in [-0.39, 0.29) is 6.10 Å². The van der Waals surface area contributed by atoms with Crippen molar-refractivity contribution in [3.8, 4) is 0 Å². The molecule has 0 aromatic carbocycles. The summed E-state index contributed by atoms with van der Waals surface area (Å²) in [7, 11) is 0. The lowest BCUT2D eigenvalue weighted by atomic mass is 10.2. The summed E-state index contributed by atoms with van der Waals surface area (Å²) in [6.07, 6.45) is 1.61. The summed E-state index contributed by atoms with van der Waals surface area (Å²) in [6.45, 7) is 6.32. The monoisotopic (exact) mass is 294 g/mol. The molecule has 1 aliphatic heterocycles. The number of aromatic amines is 1. The van der Waals surface area contributed by atoms with Crippen molar-refractivity contribution in [2.24, 2.45) is 0 Å². The predicted octanol–water partition coefficient (Wildman–Crippen LogP) is 1.36. The molecule has 2 aromatic heterocycles. The van der Waals surface area contributed by atoms with Crippen molar-refractivity contribution >= 4 is 16.7 Å². The summed E-state index contributed by atoms with van der Waals surface area (Å²) in [6, 6.07) is 0. The van der Waals surface area contributed by atoms with E-state index in [4.69, 9.17) is 4.74 Å². The van der Waals surface area contributed by atoms with Crippen LogP contribution in [0, 0.1) is 0 Å². The molecule has 0 radical (unpaired) electrons. The third-order valence-corrected chi connectivity index (χ3v) is 4.10. The number of aromatic nitrogens is 5. The number of morpholine rings is 1. The Hall–Kier alpha value is -1.54. The van der Waals surface area contributed by atoms with Crippen molar-refractivity contribution in [1.82, 2.24) is 24.5 Å². The van der Waals surface area contributed by atoms with Crippen molar-refractivity contribution in [2.75, 3.05) is 24.6 Å². The van der Waals surface area contributed by atoms with E-state index < -0.39 is 0 Å². The molecule has 0 amide bonds. The van der Waals surface area contributed by atoms with E-state index in [0.717, 1.165) is 48.5 Å². The van der Waals surface area contributed by atoms with Gasteiger partial charge in [0.25, 0.3) is 0 Å². The van der Waals surface area contributed by atoms with Gasteiger partial charge in [0.15, 0.2) is 5.82 Å². The number of hydrogen-bond donors (Lipinski definition) is 1. The smallest absolute Gasteiger partial charge is 0.205 e. The topological polar surface area (TPSA) is 79.8 Å². The summed E-state index contributed by atoms with van der Waals surface area (Å²) in [5.74, 6) is 2.52. The van der Waals surface area contributed by atoms with Crippen LogP contribution in [0.15, 0.2) is 0 Å². The zero-order valence-corrected chi connectivity index (χ0v) is 12.5. The quantitative estimate of drug-likeness (QED) is 0.917. The van der Waals surface area contributed by atoms with Crippen molar-refractivity contribution < 1.29 is 4.74 Å². The van der Waals surface area contributed by atoms with Gasteiger partial charge in [-0.05, 0) is 0 Å². The Morgan fingerprint density at radius 1 is 1.35 bits per heavy atom. The summed E-state index contributed by atoms with van der Waals surface area (Å²) < 4.78 is 10.1. The van der Waals surface area contributed by atoms with Gasteiger partial charge >= 0.3 is 0 Å². The molecule has 2 aromatic rings. The summed E-state index contributed by atoms with van der Waals surface area (Å²) in [4.78, 5) is 11.2. The van der Waals surface area contributed by atoms with Crippen molar-refractivity contribution in [1.29, 1.82) is 0 Å². The Balaban J connectivity index is 1.72. The molecule has 1 atom stereocenters. The zero-order chi connectivity index (χ0) is 13.9. The molecule has 1 aliphatic rings. The fraction of sp³-hybridized carbons (Fsp3) is 0.667. The molecule has 0 bridgehead atoms. The van der Waals surface area contributed by atoms with Gasteiger partial charge < -0.3 is 9.64 Å². The second-order valence-corrected chi connectivity index (χ2v) is 5.38. The Kier molecular flexibility index (Phi) is 3.93. The highest BCUT2D eigenvalue weighted by molar-refractivity contribution is 7.09. The van der Waals surface area contributed by atoms with Crippen LogP contribution in [0.1, 0.15) is 37.4 Å². The molecule has 1 unspecified atom stereocenters. The van der Waals surface area contributed by atoms with Gasteiger partial charge in [-0.3, -0.25) is 5.10 Å². The van der Waals surface area contributed by atoms with Crippen LogP contribution in [0.2, 0.25) is 0 Å². The summed E-state index contributed by atoms with van der Waals surface area (Å²) in [5, 5.41) is 8.13. The summed E-state index contributed by atoms with van der Waals surface area (Å²) >= 11 is 1.45. The Morgan fingerprint density at radius 2 is 2.25 bits per heavy atom. The normalized spacial score (nSPS) is 19.5. The van der Waals surface area contributed by atoms with Crippen LogP contribution in [0.5, 0.6) is 0 Å². The molecule has 8 heteroatoms. The van der Waals surface area contributed by atoms with Crippen molar-refractivity contribution in [3.05, 3.63) is 17.5 Å². The van der Waals surface area contributed by atoms with Gasteiger partial charge in [-0.2, -0.15) is 9.47 Å². The van der Waals surface area contributed by atoms with Crippen molar-refractivity contribution in [2.45, 2.75) is 32.8 Å². The molecule has 1 fully saturated rings. The molecule has 0 spiro atoms. The minimum Gasteiger partial charge on any atom is -0.366 e. The lowest BCUT2D eigenvalue weighted by molar-refractivity contribution is 0.0342. The maximum atomic E-state index is 5.78. The number of anilines is 1. The number of rotatable bonds is 4. The van der Waals surface area contributed by atoms with Gasteiger partial charge in [-0.1, -0.05) is 13.8 Å². The Bertz CT molecular complexity index is 520. The molecule has 20 heavy (non-hydrogen) atoms. The number of ether oxygens (including phenoxy) is 1. The van der Waals surface area contributed by atoms with Gasteiger partial charge in [0, 0.05) is 30.9 Å². The first-order chi connectivity index (χ1) is 9.80. The van der Waals surface area contributed by atoms with E-state index in [0.29, 0.717) is 6.61 Å². The standard InChI is InChI=1S/C12H18N6OS/c1-3-9-13-11(16-15-9)8-7-18(5-6-19-8)12-14-10(4-2)17-20-12/h8H,3-7H2,1-2H3,(H,13,15,16). The predicted molar refractivity (Wildman–Crippen MR) is 76.0 cm³/mol. The first-order valence-electron chi connectivity index (χ1n) is 6.90. The first kappa shape index (κ1) is 13.4. The number of nitrogens with one attached hydrogen (secondary N) is 1. The van der Waals surface area contributed by atoms with E-state index >= 15 is 0 Å². The zero-order valence-electron chi connectivity index (χ0n) is 11.7. The van der Waals surface area contributed by atoms with E-state index in [1.165, 1.54) is 11.5 Å². The second kappa shape index (κ2) is 5.84. The van der Waals surface area contributed by atoms with Gasteiger partial charge in [0.2, 0.25) is 5.13 Å². The molecule has 0 saturated carbocycles. The summed E-state index contributed by atoms with van der Waals surface area (Å²) in [5.41, 5.74) is 0. The lowest BCUT2D eigenvalue weighted by Crippen LogP contribution is -2.38. The number of aryl methyl sites for hydroxylation is 2. The molecule has 1 saturated heterocycles. The van der Waals surface area contributed by atoms with Crippen LogP contribution in [-0.4, -0.2) is 44.2 Å². The van der Waals surface area contributed by atoms with E-state index in [2.05, 4.69) is 36.4 Å².